The van der Waals surface area contributed by atoms with Gasteiger partial charge in [-0.3, -0.25) is 14.8 Å². The van der Waals surface area contributed by atoms with Crippen LogP contribution in [0.15, 0.2) is 24.3 Å². The second-order valence-electron chi connectivity index (χ2n) is 6.15. The van der Waals surface area contributed by atoms with E-state index in [9.17, 15) is 4.79 Å². The number of benzene rings is 1. The van der Waals surface area contributed by atoms with Gasteiger partial charge in [0.25, 0.3) is 5.91 Å². The summed E-state index contributed by atoms with van der Waals surface area (Å²) < 4.78 is 0. The summed E-state index contributed by atoms with van der Waals surface area (Å²) in [5, 5.41) is 7.94. The van der Waals surface area contributed by atoms with Crippen LogP contribution in [0, 0.1) is 0 Å². The first-order valence-electron chi connectivity index (χ1n) is 8.31. The zero-order valence-electron chi connectivity index (χ0n) is 14.1. The number of nitrogens with one attached hydrogen (secondary N) is 1. The Balaban J connectivity index is 1.41. The van der Waals surface area contributed by atoms with Crippen molar-refractivity contribution in [3.05, 3.63) is 35.8 Å². The highest BCUT2D eigenvalue weighted by Gasteiger charge is 2.25. The Morgan fingerprint density at radius 3 is 2.46 bits per heavy atom. The lowest BCUT2D eigenvalue weighted by Gasteiger charge is -2.34. The second-order valence-corrected chi connectivity index (χ2v) is 6.15. The van der Waals surface area contributed by atoms with E-state index >= 15 is 0 Å². The van der Waals surface area contributed by atoms with Gasteiger partial charge in [0.1, 0.15) is 5.82 Å². The van der Waals surface area contributed by atoms with E-state index in [1.54, 1.807) is 0 Å². The Morgan fingerprint density at radius 2 is 1.73 bits per heavy atom. The molecule has 0 atom stereocenters. The van der Waals surface area contributed by atoms with Gasteiger partial charge in [-0.2, -0.15) is 20.1 Å². The molecular weight excluding hydrogens is 334 g/mol. The molecule has 0 aliphatic carbocycles. The lowest BCUT2D eigenvalue weighted by molar-refractivity contribution is 0.0621. The standard InChI is InChI=1S/C16H19N9O/c17-15-19-12(20-16(18)21-15)9-24-5-7-25(8-6-24)14(26)13-10-3-1-2-4-11(10)22-23-13/h1-4H,5-9H2,(H,22,23)(H4,17,18,19,20,21). The first kappa shape index (κ1) is 16.2. The van der Waals surface area contributed by atoms with Crippen LogP contribution >= 0.6 is 0 Å². The van der Waals surface area contributed by atoms with Gasteiger partial charge < -0.3 is 16.4 Å². The van der Waals surface area contributed by atoms with Gasteiger partial charge in [0.05, 0.1) is 12.1 Å². The monoisotopic (exact) mass is 353 g/mol. The molecule has 4 rings (SSSR count). The Kier molecular flexibility index (Phi) is 4.09. The van der Waals surface area contributed by atoms with E-state index in [0.717, 1.165) is 10.9 Å². The Bertz CT molecular complexity index is 926. The molecule has 10 nitrogen and oxygen atoms in total. The number of aromatic nitrogens is 5. The minimum atomic E-state index is -0.0595. The van der Waals surface area contributed by atoms with Crippen molar-refractivity contribution in [1.29, 1.82) is 0 Å². The van der Waals surface area contributed by atoms with Crippen LogP contribution in [0.3, 0.4) is 0 Å². The molecule has 1 aliphatic heterocycles. The number of fused-ring (bicyclic) bond motifs is 1. The van der Waals surface area contributed by atoms with Crippen molar-refractivity contribution in [2.45, 2.75) is 6.54 Å². The van der Waals surface area contributed by atoms with Gasteiger partial charge in [0.15, 0.2) is 5.69 Å². The molecule has 0 radical (unpaired) electrons. The number of hydrogen-bond donors (Lipinski definition) is 3. The number of rotatable bonds is 3. The maximum atomic E-state index is 12.8. The molecule has 1 saturated heterocycles. The van der Waals surface area contributed by atoms with Gasteiger partial charge >= 0.3 is 0 Å². The minimum absolute atomic E-state index is 0.0595. The number of nitrogens with two attached hydrogens (primary N) is 2. The summed E-state index contributed by atoms with van der Waals surface area (Å²) in [5.41, 5.74) is 12.5. The van der Waals surface area contributed by atoms with Crippen LogP contribution < -0.4 is 11.5 Å². The summed E-state index contributed by atoms with van der Waals surface area (Å²) in [6.45, 7) is 3.15. The molecule has 3 heterocycles. The van der Waals surface area contributed by atoms with E-state index in [2.05, 4.69) is 30.0 Å². The third-order valence-electron chi connectivity index (χ3n) is 4.41. The largest absolute Gasteiger partial charge is 0.368 e. The van der Waals surface area contributed by atoms with E-state index in [1.165, 1.54) is 0 Å². The fourth-order valence-corrected chi connectivity index (χ4v) is 3.11. The van der Waals surface area contributed by atoms with Crippen LogP contribution in [-0.4, -0.2) is 67.0 Å². The molecule has 0 spiro atoms. The first-order chi connectivity index (χ1) is 12.6. The molecule has 0 unspecified atom stereocenters. The number of H-pyrrole nitrogens is 1. The third-order valence-corrected chi connectivity index (χ3v) is 4.41. The molecular formula is C16H19N9O. The number of aromatic amines is 1. The predicted octanol–water partition coefficient (Wildman–Crippen LogP) is -0.130. The number of nitrogens with zero attached hydrogens (tertiary/aromatic N) is 6. The number of hydrogen-bond acceptors (Lipinski definition) is 8. The topological polar surface area (TPSA) is 143 Å². The molecule has 3 aromatic rings. The number of anilines is 2. The number of carbonyl (C=O) groups is 1. The van der Waals surface area contributed by atoms with Gasteiger partial charge in [-0.05, 0) is 6.07 Å². The molecule has 1 amide bonds. The van der Waals surface area contributed by atoms with Gasteiger partial charge in [-0.1, -0.05) is 18.2 Å². The molecule has 0 bridgehead atoms. The Hall–Kier alpha value is -3.27. The maximum absolute atomic E-state index is 12.8. The van der Waals surface area contributed by atoms with Crippen molar-refractivity contribution < 1.29 is 4.79 Å². The molecule has 2 aromatic heterocycles. The molecule has 1 aromatic carbocycles. The molecule has 134 valence electrons. The molecule has 1 aliphatic rings. The van der Waals surface area contributed by atoms with Crippen LogP contribution in [0.5, 0.6) is 0 Å². The van der Waals surface area contributed by atoms with Crippen molar-refractivity contribution >= 4 is 28.7 Å². The SMILES string of the molecule is Nc1nc(N)nc(CN2CCN(C(=O)c3n[nH]c4ccccc34)CC2)n1. The molecule has 0 saturated carbocycles. The summed E-state index contributed by atoms with van der Waals surface area (Å²) in [4.78, 5) is 28.7. The average molecular weight is 353 g/mol. The normalized spacial score (nSPS) is 15.5. The van der Waals surface area contributed by atoms with E-state index in [4.69, 9.17) is 11.5 Å². The average Bonchev–Trinajstić information content (AvgIpc) is 3.05. The summed E-state index contributed by atoms with van der Waals surface area (Å²) >= 11 is 0. The smallest absolute Gasteiger partial charge is 0.275 e. The van der Waals surface area contributed by atoms with Crippen LogP contribution in [-0.2, 0) is 6.54 Å². The number of nitrogen functional groups attached to an aromatic ring is 2. The summed E-state index contributed by atoms with van der Waals surface area (Å²) in [7, 11) is 0. The predicted molar refractivity (Wildman–Crippen MR) is 95.9 cm³/mol. The number of amides is 1. The zero-order valence-corrected chi connectivity index (χ0v) is 14.1. The first-order valence-corrected chi connectivity index (χ1v) is 8.31. The Labute approximate surface area is 149 Å². The van der Waals surface area contributed by atoms with E-state index in [1.807, 2.05) is 29.2 Å². The molecule has 5 N–H and O–H groups in total. The van der Waals surface area contributed by atoms with Crippen molar-refractivity contribution in [2.75, 3.05) is 37.6 Å². The summed E-state index contributed by atoms with van der Waals surface area (Å²) in [5.74, 6) is 0.710. The van der Waals surface area contributed by atoms with Crippen LogP contribution in [0.2, 0.25) is 0 Å². The van der Waals surface area contributed by atoms with Gasteiger partial charge in [0.2, 0.25) is 11.9 Å². The van der Waals surface area contributed by atoms with E-state index < -0.39 is 0 Å². The van der Waals surface area contributed by atoms with Crippen molar-refractivity contribution in [2.24, 2.45) is 0 Å². The van der Waals surface area contributed by atoms with Crippen molar-refractivity contribution in [1.82, 2.24) is 34.9 Å². The second kappa shape index (κ2) is 6.56. The van der Waals surface area contributed by atoms with Crippen LogP contribution in [0.25, 0.3) is 10.9 Å². The van der Waals surface area contributed by atoms with Gasteiger partial charge in [0, 0.05) is 31.6 Å². The lowest BCUT2D eigenvalue weighted by atomic mass is 10.2. The third kappa shape index (κ3) is 3.14. The zero-order chi connectivity index (χ0) is 18.1. The maximum Gasteiger partial charge on any atom is 0.275 e. The van der Waals surface area contributed by atoms with E-state index in [-0.39, 0.29) is 17.8 Å². The Morgan fingerprint density at radius 1 is 1.04 bits per heavy atom. The highest BCUT2D eigenvalue weighted by atomic mass is 16.2. The molecule has 26 heavy (non-hydrogen) atoms. The van der Waals surface area contributed by atoms with Crippen LogP contribution in [0.1, 0.15) is 16.3 Å². The number of para-hydroxylation sites is 1. The molecule has 1 fully saturated rings. The van der Waals surface area contributed by atoms with E-state index in [0.29, 0.717) is 44.2 Å². The number of piperazine rings is 1. The van der Waals surface area contributed by atoms with Gasteiger partial charge in [-0.15, -0.1) is 0 Å². The van der Waals surface area contributed by atoms with Crippen molar-refractivity contribution in [3.63, 3.8) is 0 Å². The fraction of sp³-hybridized carbons (Fsp3) is 0.312. The molecule has 10 heteroatoms. The van der Waals surface area contributed by atoms with Gasteiger partial charge in [-0.25, -0.2) is 0 Å². The highest BCUT2D eigenvalue weighted by Crippen LogP contribution is 2.18. The lowest BCUT2D eigenvalue weighted by Crippen LogP contribution is -2.48. The number of carbonyl (C=O) groups excluding carboxylic acids is 1. The van der Waals surface area contributed by atoms with Crippen molar-refractivity contribution in [3.8, 4) is 0 Å². The highest BCUT2D eigenvalue weighted by molar-refractivity contribution is 6.04. The summed E-state index contributed by atoms with van der Waals surface area (Å²) in [6.07, 6.45) is 0. The minimum Gasteiger partial charge on any atom is -0.368 e. The quantitative estimate of drug-likeness (QED) is 0.591. The summed E-state index contributed by atoms with van der Waals surface area (Å²) in [6, 6.07) is 7.62. The van der Waals surface area contributed by atoms with Crippen LogP contribution in [0.4, 0.5) is 11.9 Å². The fourth-order valence-electron chi connectivity index (χ4n) is 3.11.